The summed E-state index contributed by atoms with van der Waals surface area (Å²) in [6, 6.07) is 76.8. The van der Waals surface area contributed by atoms with Crippen LogP contribution in [0.3, 0.4) is 0 Å². The van der Waals surface area contributed by atoms with Crippen LogP contribution in [0, 0.1) is 0 Å². The van der Waals surface area contributed by atoms with E-state index in [0.29, 0.717) is 0 Å². The zero-order valence-corrected chi connectivity index (χ0v) is 28.2. The first kappa shape index (κ1) is 30.4. The third-order valence-electron chi connectivity index (χ3n) is 9.81. The summed E-state index contributed by atoms with van der Waals surface area (Å²) in [5.74, 6) is 0. The summed E-state index contributed by atoms with van der Waals surface area (Å²) >= 11 is 0. The fourth-order valence-electron chi connectivity index (χ4n) is 7.52. The highest BCUT2D eigenvalue weighted by atomic mass is 15.1. The fraction of sp³-hybridized carbons (Fsp3) is 0. The van der Waals surface area contributed by atoms with Gasteiger partial charge in [0.1, 0.15) is 0 Å². The number of fused-ring (bicyclic) bond motifs is 3. The van der Waals surface area contributed by atoms with Gasteiger partial charge in [0.05, 0.1) is 5.69 Å². The summed E-state index contributed by atoms with van der Waals surface area (Å²) < 4.78 is 0. The Morgan fingerprint density at radius 3 is 1.24 bits per heavy atom. The van der Waals surface area contributed by atoms with Gasteiger partial charge in [-0.1, -0.05) is 182 Å². The first-order chi connectivity index (χ1) is 25.3. The molecule has 0 N–H and O–H groups in total. The average Bonchev–Trinajstić information content (AvgIpc) is 3.22. The molecule has 0 saturated heterocycles. The highest BCUT2D eigenvalue weighted by molar-refractivity contribution is 6.23. The normalized spacial score (nSPS) is 11.1. The van der Waals surface area contributed by atoms with Crippen LogP contribution in [0.5, 0.6) is 0 Å². The molecule has 0 unspecified atom stereocenters. The smallest absolute Gasteiger partial charge is 0.0625 e. The Morgan fingerprint density at radius 2 is 0.667 bits per heavy atom. The molecule has 0 amide bonds. The van der Waals surface area contributed by atoms with Crippen LogP contribution in [-0.4, -0.2) is 0 Å². The van der Waals surface area contributed by atoms with Gasteiger partial charge in [-0.3, -0.25) is 0 Å². The van der Waals surface area contributed by atoms with Crippen LogP contribution in [0.2, 0.25) is 0 Å². The van der Waals surface area contributed by atoms with Crippen molar-refractivity contribution in [2.75, 3.05) is 4.90 Å². The van der Waals surface area contributed by atoms with E-state index >= 15 is 0 Å². The minimum absolute atomic E-state index is 1.10. The van der Waals surface area contributed by atoms with Crippen molar-refractivity contribution in [2.24, 2.45) is 0 Å². The first-order valence-electron chi connectivity index (χ1n) is 17.5. The maximum atomic E-state index is 2.49. The van der Waals surface area contributed by atoms with E-state index in [4.69, 9.17) is 0 Å². The molecular weight excluding hydrogens is 615 g/mol. The molecule has 1 heteroatoms. The highest BCUT2D eigenvalue weighted by Gasteiger charge is 2.25. The van der Waals surface area contributed by atoms with Crippen molar-refractivity contribution >= 4 is 38.6 Å². The highest BCUT2D eigenvalue weighted by Crippen LogP contribution is 2.51. The molecule has 1 nitrogen and oxygen atoms in total. The van der Waals surface area contributed by atoms with Gasteiger partial charge in [-0.2, -0.15) is 0 Å². The Hall–Kier alpha value is -6.70. The predicted octanol–water partition coefficient (Wildman–Crippen LogP) is 14.1. The number of benzene rings is 9. The van der Waals surface area contributed by atoms with Crippen LogP contribution in [0.4, 0.5) is 17.1 Å². The van der Waals surface area contributed by atoms with Gasteiger partial charge in [-0.15, -0.1) is 0 Å². The van der Waals surface area contributed by atoms with E-state index in [1.54, 1.807) is 0 Å². The number of para-hydroxylation sites is 1. The van der Waals surface area contributed by atoms with E-state index in [1.807, 2.05) is 0 Å². The minimum Gasteiger partial charge on any atom is -0.309 e. The lowest BCUT2D eigenvalue weighted by Gasteiger charge is -2.32. The minimum atomic E-state index is 1.10. The number of nitrogens with zero attached hydrogens (tertiary/aromatic N) is 1. The fourth-order valence-corrected chi connectivity index (χ4v) is 7.52. The van der Waals surface area contributed by atoms with Crippen LogP contribution in [0.1, 0.15) is 0 Å². The molecule has 0 aliphatic heterocycles. The van der Waals surface area contributed by atoms with E-state index in [1.165, 1.54) is 66.1 Å². The van der Waals surface area contributed by atoms with Gasteiger partial charge in [-0.25, -0.2) is 0 Å². The first-order valence-corrected chi connectivity index (χ1v) is 17.5. The lowest BCUT2D eigenvalue weighted by Crippen LogP contribution is -2.13. The molecule has 0 atom stereocenters. The molecule has 0 saturated carbocycles. The summed E-state index contributed by atoms with van der Waals surface area (Å²) in [5.41, 5.74) is 12.9. The van der Waals surface area contributed by atoms with E-state index < -0.39 is 0 Å². The average molecular weight is 650 g/mol. The molecule has 0 radical (unpaired) electrons. The van der Waals surface area contributed by atoms with Gasteiger partial charge in [0, 0.05) is 22.3 Å². The Balaban J connectivity index is 1.44. The van der Waals surface area contributed by atoms with Crippen LogP contribution in [-0.2, 0) is 0 Å². The quantitative estimate of drug-likeness (QED) is 0.155. The lowest BCUT2D eigenvalue weighted by molar-refractivity contribution is 1.30. The summed E-state index contributed by atoms with van der Waals surface area (Å²) in [5, 5.41) is 4.89. The zero-order chi connectivity index (χ0) is 34.0. The molecule has 0 heterocycles. The van der Waals surface area contributed by atoms with E-state index in [0.717, 1.165) is 17.1 Å². The van der Waals surface area contributed by atoms with Crippen LogP contribution in [0.15, 0.2) is 212 Å². The molecule has 51 heavy (non-hydrogen) atoms. The van der Waals surface area contributed by atoms with Crippen molar-refractivity contribution in [1.82, 2.24) is 0 Å². The molecule has 0 bridgehead atoms. The van der Waals surface area contributed by atoms with Gasteiger partial charge in [0.15, 0.2) is 0 Å². The Labute approximate surface area is 299 Å². The standard InChI is InChI=1S/C50H35N/c1-5-19-36(20-6-1)39-33-40(37-21-7-2-8-22-37)35-42(34-39)51(41-25-11-4-12-26-41)50-48-32-18-15-29-45(48)44-28-14-17-31-47(44)49(50)46-30-16-13-27-43(46)38-23-9-3-10-24-38/h1-35H. The molecule has 240 valence electrons. The summed E-state index contributed by atoms with van der Waals surface area (Å²) in [7, 11) is 0. The lowest BCUT2D eigenvalue weighted by atomic mass is 9.86. The zero-order valence-electron chi connectivity index (χ0n) is 28.2. The number of hydrogen-bond donors (Lipinski definition) is 0. The van der Waals surface area contributed by atoms with Crippen molar-refractivity contribution in [3.63, 3.8) is 0 Å². The molecule has 0 fully saturated rings. The van der Waals surface area contributed by atoms with Gasteiger partial charge in [0.25, 0.3) is 0 Å². The maximum absolute atomic E-state index is 2.49. The SMILES string of the molecule is c1ccc(-c2cc(-c3ccccc3)cc(N(c3ccccc3)c3c(-c4ccccc4-c4ccccc4)c4ccccc4c4ccccc34)c2)cc1. The van der Waals surface area contributed by atoms with Crippen molar-refractivity contribution in [2.45, 2.75) is 0 Å². The van der Waals surface area contributed by atoms with Crippen molar-refractivity contribution < 1.29 is 0 Å². The monoisotopic (exact) mass is 649 g/mol. The van der Waals surface area contributed by atoms with Crippen LogP contribution < -0.4 is 4.90 Å². The van der Waals surface area contributed by atoms with E-state index in [2.05, 4.69) is 217 Å². The Bertz CT molecular complexity index is 2550. The van der Waals surface area contributed by atoms with E-state index in [9.17, 15) is 0 Å². The van der Waals surface area contributed by atoms with Crippen molar-refractivity contribution in [3.8, 4) is 44.5 Å². The number of hydrogen-bond acceptors (Lipinski definition) is 1. The van der Waals surface area contributed by atoms with Crippen LogP contribution in [0.25, 0.3) is 66.1 Å². The Morgan fingerprint density at radius 1 is 0.255 bits per heavy atom. The van der Waals surface area contributed by atoms with Crippen molar-refractivity contribution in [1.29, 1.82) is 0 Å². The summed E-state index contributed by atoms with van der Waals surface area (Å²) in [6.07, 6.45) is 0. The molecule has 0 aromatic heterocycles. The van der Waals surface area contributed by atoms with E-state index in [-0.39, 0.29) is 0 Å². The number of rotatable bonds is 7. The van der Waals surface area contributed by atoms with Gasteiger partial charge in [-0.05, 0) is 85.4 Å². The third kappa shape index (κ3) is 5.65. The van der Waals surface area contributed by atoms with Crippen molar-refractivity contribution in [3.05, 3.63) is 212 Å². The molecule has 0 spiro atoms. The van der Waals surface area contributed by atoms with Gasteiger partial charge in [0.2, 0.25) is 0 Å². The number of anilines is 3. The van der Waals surface area contributed by atoms with Gasteiger partial charge >= 0.3 is 0 Å². The molecule has 9 rings (SSSR count). The third-order valence-corrected chi connectivity index (χ3v) is 9.81. The molecule has 9 aromatic carbocycles. The second-order valence-corrected chi connectivity index (χ2v) is 12.9. The second kappa shape index (κ2) is 13.3. The second-order valence-electron chi connectivity index (χ2n) is 12.9. The maximum Gasteiger partial charge on any atom is 0.0625 e. The molecule has 0 aliphatic rings. The summed E-state index contributed by atoms with van der Waals surface area (Å²) in [4.78, 5) is 2.49. The largest absolute Gasteiger partial charge is 0.309 e. The molecule has 9 aromatic rings. The summed E-state index contributed by atoms with van der Waals surface area (Å²) in [6.45, 7) is 0. The predicted molar refractivity (Wildman–Crippen MR) is 218 cm³/mol. The van der Waals surface area contributed by atoms with Gasteiger partial charge < -0.3 is 4.90 Å². The topological polar surface area (TPSA) is 3.24 Å². The molecular formula is C50H35N. The molecule has 0 aliphatic carbocycles. The van der Waals surface area contributed by atoms with Crippen LogP contribution >= 0.6 is 0 Å². The Kier molecular flexibility index (Phi) is 7.92.